The first-order valence-electron chi connectivity index (χ1n) is 30.6. The maximum atomic E-state index is 6.95. The standard InChI is InChI=1S/C68H80N2O4S6/c1-5-9-13-17-21-27-35-71-59-61(73-37-29-23-19-15-11-7-3)67-47(45-33-39-75-65(45)59)41-55(79-67)53-43-49-50-44-54(78-64(50)58-57(63(49)77-53)69-51-31-25-26-32-52(51)70-58)56-42-48-46-34-40-76-66(46)60(72-36-28-22-18-14-10-6-2)62(68(48)80-56)74-38-30-24-20-16-12-8-4/h25-26,31-34,39-44H,5-24,27-30,35-38H2,1-4H3. The molecule has 0 aliphatic rings. The molecule has 422 valence electrons. The molecular weight excluding hydrogens is 1100 g/mol. The van der Waals surface area contributed by atoms with Crippen LogP contribution in [0, 0.1) is 0 Å². The highest BCUT2D eigenvalue weighted by molar-refractivity contribution is 7.31. The van der Waals surface area contributed by atoms with E-state index in [4.69, 9.17) is 28.9 Å². The second-order valence-electron chi connectivity index (χ2n) is 21.9. The topological polar surface area (TPSA) is 62.7 Å². The van der Waals surface area contributed by atoms with Crippen LogP contribution in [0.15, 0.2) is 71.4 Å². The number of thiophene rings is 6. The van der Waals surface area contributed by atoms with E-state index in [0.717, 1.165) is 70.7 Å². The number of unbranched alkanes of at least 4 members (excludes halogenated alkanes) is 20. The largest absolute Gasteiger partial charge is 0.488 e. The lowest BCUT2D eigenvalue weighted by molar-refractivity contribution is 0.264. The predicted octanol–water partition coefficient (Wildman–Crippen LogP) is 24.4. The number of ether oxygens (including phenoxy) is 4. The minimum absolute atomic E-state index is 0.693. The maximum Gasteiger partial charge on any atom is 0.180 e. The minimum atomic E-state index is 0.693. The normalized spacial score (nSPS) is 12.2. The Morgan fingerprint density at radius 2 is 0.600 bits per heavy atom. The van der Waals surface area contributed by atoms with Gasteiger partial charge in [-0.25, -0.2) is 9.97 Å². The second-order valence-corrected chi connectivity index (χ2v) is 28.0. The fraction of sp³-hybridized carbons (Fsp3) is 0.471. The SMILES string of the molecule is CCCCCCCCOc1c(OCCCCCCCC)c2sc(-c3cc4c5cc(-c6cc7c(s6)c(OCCCCCCCC)c(OCCCCCCCC)c6sccc67)sc5c5nc6ccccc6nc5c4s3)cc2c2ccsc12. The van der Waals surface area contributed by atoms with Crippen molar-refractivity contribution in [2.75, 3.05) is 26.4 Å². The van der Waals surface area contributed by atoms with Crippen LogP contribution in [0.3, 0.4) is 0 Å². The third-order valence-electron chi connectivity index (χ3n) is 15.8. The Bertz CT molecular complexity index is 3550. The van der Waals surface area contributed by atoms with Crippen LogP contribution in [0.4, 0.5) is 0 Å². The number of hydrogen-bond acceptors (Lipinski definition) is 12. The molecule has 11 aromatic rings. The first-order valence-corrected chi connectivity index (χ1v) is 35.6. The van der Waals surface area contributed by atoms with E-state index in [2.05, 4.69) is 99.1 Å². The van der Waals surface area contributed by atoms with Gasteiger partial charge in [0.1, 0.15) is 11.0 Å². The maximum absolute atomic E-state index is 6.95. The highest BCUT2D eigenvalue weighted by Gasteiger charge is 2.26. The van der Waals surface area contributed by atoms with Gasteiger partial charge in [-0.15, -0.1) is 68.0 Å². The van der Waals surface area contributed by atoms with Crippen molar-refractivity contribution in [2.45, 2.75) is 182 Å². The fourth-order valence-corrected chi connectivity index (χ4v) is 18.0. The van der Waals surface area contributed by atoms with E-state index < -0.39 is 0 Å². The Balaban J connectivity index is 0.991. The highest BCUT2D eigenvalue weighted by Crippen LogP contribution is 2.55. The van der Waals surface area contributed by atoms with E-state index in [0.29, 0.717) is 26.4 Å². The van der Waals surface area contributed by atoms with Gasteiger partial charge >= 0.3 is 0 Å². The molecule has 0 aliphatic heterocycles. The van der Waals surface area contributed by atoms with Crippen molar-refractivity contribution >= 4 is 151 Å². The van der Waals surface area contributed by atoms with E-state index >= 15 is 0 Å². The monoisotopic (exact) mass is 1180 g/mol. The molecule has 0 saturated heterocycles. The van der Waals surface area contributed by atoms with Gasteiger partial charge in [0, 0.05) is 51.8 Å². The fourth-order valence-electron chi connectivity index (χ4n) is 11.4. The zero-order valence-electron chi connectivity index (χ0n) is 47.7. The Morgan fingerprint density at radius 3 is 0.938 bits per heavy atom. The van der Waals surface area contributed by atoms with E-state index in [9.17, 15) is 0 Å². The van der Waals surface area contributed by atoms with Gasteiger partial charge in [-0.3, -0.25) is 0 Å². The van der Waals surface area contributed by atoms with Crippen LogP contribution in [-0.4, -0.2) is 36.4 Å². The van der Waals surface area contributed by atoms with Crippen LogP contribution in [0.1, 0.15) is 182 Å². The van der Waals surface area contributed by atoms with Crippen LogP contribution in [0.25, 0.3) is 102 Å². The van der Waals surface area contributed by atoms with E-state index in [1.165, 1.54) is 208 Å². The molecule has 11 rings (SSSR count). The van der Waals surface area contributed by atoms with E-state index in [-0.39, 0.29) is 0 Å². The van der Waals surface area contributed by atoms with Gasteiger partial charge in [-0.05, 0) is 85.0 Å². The van der Waals surface area contributed by atoms with Crippen molar-refractivity contribution in [2.24, 2.45) is 0 Å². The zero-order chi connectivity index (χ0) is 54.6. The summed E-state index contributed by atoms with van der Waals surface area (Å²) in [5, 5.41) is 11.9. The molecule has 0 saturated carbocycles. The molecule has 0 N–H and O–H groups in total. The Morgan fingerprint density at radius 1 is 0.312 bits per heavy atom. The van der Waals surface area contributed by atoms with Gasteiger partial charge in [-0.2, -0.15) is 0 Å². The van der Waals surface area contributed by atoms with Gasteiger partial charge in [0.05, 0.1) is 65.7 Å². The lowest BCUT2D eigenvalue weighted by Crippen LogP contribution is -2.03. The molecule has 12 heteroatoms. The Kier molecular flexibility index (Phi) is 20.1. The minimum Gasteiger partial charge on any atom is -0.488 e. The number of fused-ring (bicyclic) bond motifs is 13. The van der Waals surface area contributed by atoms with Crippen molar-refractivity contribution in [3.63, 3.8) is 0 Å². The molecule has 7 heterocycles. The van der Waals surface area contributed by atoms with Gasteiger partial charge in [0.15, 0.2) is 23.0 Å². The van der Waals surface area contributed by atoms with Gasteiger partial charge in [0.2, 0.25) is 0 Å². The molecule has 6 nitrogen and oxygen atoms in total. The molecule has 0 aliphatic carbocycles. The lowest BCUT2D eigenvalue weighted by atomic mass is 10.1. The summed E-state index contributed by atoms with van der Waals surface area (Å²) >= 11 is 11.0. The van der Waals surface area contributed by atoms with Crippen molar-refractivity contribution in [3.05, 3.63) is 71.4 Å². The summed E-state index contributed by atoms with van der Waals surface area (Å²) in [4.78, 5) is 15.9. The molecule has 7 aromatic heterocycles. The molecule has 0 spiro atoms. The molecule has 0 fully saturated rings. The molecule has 0 atom stereocenters. The summed E-state index contributed by atoms with van der Waals surface area (Å²) in [6.45, 7) is 11.9. The smallest absolute Gasteiger partial charge is 0.180 e. The molecule has 4 aromatic carbocycles. The van der Waals surface area contributed by atoms with Crippen molar-refractivity contribution in [1.29, 1.82) is 0 Å². The first-order chi connectivity index (χ1) is 39.6. The van der Waals surface area contributed by atoms with Crippen LogP contribution >= 0.6 is 68.0 Å². The summed E-state index contributed by atoms with van der Waals surface area (Å²) in [5.74, 6) is 3.72. The number of rotatable bonds is 34. The quantitative estimate of drug-likeness (QED) is 0.0296. The number of benzene rings is 4. The lowest BCUT2D eigenvalue weighted by Gasteiger charge is -2.15. The number of hydrogen-bond donors (Lipinski definition) is 0. The Hall–Kier alpha value is -4.56. The summed E-state index contributed by atoms with van der Waals surface area (Å²) < 4.78 is 34.7. The molecule has 80 heavy (non-hydrogen) atoms. The molecule has 0 unspecified atom stereocenters. The van der Waals surface area contributed by atoms with E-state index in [1.54, 1.807) is 22.7 Å². The van der Waals surface area contributed by atoms with E-state index in [1.807, 2.05) is 45.3 Å². The first kappa shape index (κ1) is 57.3. The summed E-state index contributed by atoms with van der Waals surface area (Å²) in [5.41, 5.74) is 3.78. The predicted molar refractivity (Wildman–Crippen MR) is 356 cm³/mol. The molecule has 0 radical (unpaired) electrons. The second kappa shape index (κ2) is 28.1. The van der Waals surface area contributed by atoms with Crippen molar-refractivity contribution < 1.29 is 18.9 Å². The Labute approximate surface area is 497 Å². The van der Waals surface area contributed by atoms with Gasteiger partial charge in [-0.1, -0.05) is 168 Å². The number of aromatic nitrogens is 2. The summed E-state index contributed by atoms with van der Waals surface area (Å²) in [6.07, 6.45) is 29.5. The number of nitrogens with zero attached hydrogens (tertiary/aromatic N) is 2. The molecule has 0 bridgehead atoms. The zero-order valence-corrected chi connectivity index (χ0v) is 52.6. The number of para-hydroxylation sites is 2. The van der Waals surface area contributed by atoms with Gasteiger partial charge < -0.3 is 18.9 Å². The highest BCUT2D eigenvalue weighted by atomic mass is 32.1. The summed E-state index contributed by atoms with van der Waals surface area (Å²) in [7, 11) is 0. The van der Waals surface area contributed by atoms with Crippen LogP contribution in [0.5, 0.6) is 23.0 Å². The van der Waals surface area contributed by atoms with Crippen molar-refractivity contribution in [3.8, 4) is 42.5 Å². The average Bonchev–Trinajstić information content (AvgIpc) is 4.44. The van der Waals surface area contributed by atoms with Crippen LogP contribution in [-0.2, 0) is 0 Å². The molecular formula is C68H80N2O4S6. The average molecular weight is 1180 g/mol. The van der Waals surface area contributed by atoms with Gasteiger partial charge in [0.25, 0.3) is 0 Å². The molecule has 0 amide bonds. The van der Waals surface area contributed by atoms with Crippen LogP contribution in [0.2, 0.25) is 0 Å². The van der Waals surface area contributed by atoms with Crippen LogP contribution < -0.4 is 18.9 Å². The van der Waals surface area contributed by atoms with Crippen molar-refractivity contribution in [1.82, 2.24) is 9.97 Å². The third kappa shape index (κ3) is 12.7. The summed E-state index contributed by atoms with van der Waals surface area (Å²) in [6, 6.07) is 22.7. The third-order valence-corrected chi connectivity index (χ3v) is 22.6.